The van der Waals surface area contributed by atoms with Crippen LogP contribution in [0.1, 0.15) is 5.56 Å². The number of benzene rings is 1. The Morgan fingerprint density at radius 1 is 1.00 bits per heavy atom. The SMILES string of the molecule is Nc1cccc2nnc(-c3cccc(C(F)(F)F)c3)n12. The molecule has 0 saturated heterocycles. The van der Waals surface area contributed by atoms with Crippen molar-refractivity contribution in [2.24, 2.45) is 0 Å². The first-order chi connectivity index (χ1) is 9.47. The summed E-state index contributed by atoms with van der Waals surface area (Å²) in [7, 11) is 0. The van der Waals surface area contributed by atoms with E-state index in [1.165, 1.54) is 16.5 Å². The summed E-state index contributed by atoms with van der Waals surface area (Å²) in [5.41, 5.74) is 5.88. The second-order valence-electron chi connectivity index (χ2n) is 4.25. The van der Waals surface area contributed by atoms with Gasteiger partial charge < -0.3 is 5.73 Å². The Morgan fingerprint density at radius 2 is 1.75 bits per heavy atom. The molecule has 0 amide bonds. The third kappa shape index (κ3) is 1.97. The zero-order valence-electron chi connectivity index (χ0n) is 10.1. The molecule has 2 heterocycles. The number of alkyl halides is 3. The molecule has 0 spiro atoms. The van der Waals surface area contributed by atoms with Crippen molar-refractivity contribution in [2.45, 2.75) is 6.18 Å². The molecule has 4 nitrogen and oxygen atoms in total. The Bertz CT molecular complexity index is 777. The summed E-state index contributed by atoms with van der Waals surface area (Å²) in [4.78, 5) is 0. The van der Waals surface area contributed by atoms with Gasteiger partial charge in [-0.1, -0.05) is 18.2 Å². The van der Waals surface area contributed by atoms with Gasteiger partial charge >= 0.3 is 6.18 Å². The predicted octanol–water partition coefficient (Wildman–Crippen LogP) is 3.00. The van der Waals surface area contributed by atoms with E-state index >= 15 is 0 Å². The van der Waals surface area contributed by atoms with Gasteiger partial charge in [0.25, 0.3) is 0 Å². The second kappa shape index (κ2) is 4.22. The fourth-order valence-corrected chi connectivity index (χ4v) is 1.99. The van der Waals surface area contributed by atoms with E-state index in [-0.39, 0.29) is 5.82 Å². The van der Waals surface area contributed by atoms with Crippen LogP contribution in [0.3, 0.4) is 0 Å². The lowest BCUT2D eigenvalue weighted by atomic mass is 10.1. The Kier molecular flexibility index (Phi) is 2.63. The maximum absolute atomic E-state index is 12.7. The Labute approximate surface area is 111 Å². The number of fused-ring (bicyclic) bond motifs is 1. The Morgan fingerprint density at radius 3 is 2.50 bits per heavy atom. The standard InChI is InChI=1S/C13H9F3N4/c14-13(15,16)9-4-1-3-8(7-9)12-19-18-11-6-2-5-10(17)20(11)12/h1-7H,17H2. The van der Waals surface area contributed by atoms with Gasteiger partial charge in [0, 0.05) is 5.56 Å². The normalized spacial score (nSPS) is 11.9. The minimum absolute atomic E-state index is 0.282. The van der Waals surface area contributed by atoms with Crippen LogP contribution in [0.25, 0.3) is 17.0 Å². The molecule has 2 aromatic heterocycles. The summed E-state index contributed by atoms with van der Waals surface area (Å²) in [5.74, 6) is 0.643. The lowest BCUT2D eigenvalue weighted by molar-refractivity contribution is -0.137. The van der Waals surface area contributed by atoms with Crippen LogP contribution in [0.15, 0.2) is 42.5 Å². The van der Waals surface area contributed by atoms with E-state index in [2.05, 4.69) is 10.2 Å². The highest BCUT2D eigenvalue weighted by molar-refractivity contribution is 5.63. The van der Waals surface area contributed by atoms with Crippen molar-refractivity contribution >= 4 is 11.5 Å². The molecule has 0 atom stereocenters. The average molecular weight is 278 g/mol. The van der Waals surface area contributed by atoms with Crippen LogP contribution < -0.4 is 5.73 Å². The third-order valence-corrected chi connectivity index (χ3v) is 2.91. The molecule has 0 aliphatic carbocycles. The van der Waals surface area contributed by atoms with Crippen LogP contribution in [0.4, 0.5) is 19.0 Å². The molecule has 3 rings (SSSR count). The maximum atomic E-state index is 12.7. The fourth-order valence-electron chi connectivity index (χ4n) is 1.99. The van der Waals surface area contributed by atoms with Gasteiger partial charge in [-0.05, 0) is 24.3 Å². The third-order valence-electron chi connectivity index (χ3n) is 2.91. The zero-order valence-corrected chi connectivity index (χ0v) is 10.1. The van der Waals surface area contributed by atoms with Crippen LogP contribution in [0, 0.1) is 0 Å². The van der Waals surface area contributed by atoms with Crippen molar-refractivity contribution in [3.05, 3.63) is 48.0 Å². The van der Waals surface area contributed by atoms with Crippen molar-refractivity contribution in [1.29, 1.82) is 0 Å². The lowest BCUT2D eigenvalue weighted by Crippen LogP contribution is -2.05. The first-order valence-electron chi connectivity index (χ1n) is 5.74. The first-order valence-corrected chi connectivity index (χ1v) is 5.74. The maximum Gasteiger partial charge on any atom is 0.416 e. The smallest absolute Gasteiger partial charge is 0.385 e. The van der Waals surface area contributed by atoms with E-state index in [9.17, 15) is 13.2 Å². The monoisotopic (exact) mass is 278 g/mol. The highest BCUT2D eigenvalue weighted by Gasteiger charge is 2.30. The van der Waals surface area contributed by atoms with Gasteiger partial charge in [-0.25, -0.2) is 0 Å². The summed E-state index contributed by atoms with van der Waals surface area (Å²) in [5, 5.41) is 7.81. The van der Waals surface area contributed by atoms with E-state index in [1.807, 2.05) is 0 Å². The van der Waals surface area contributed by atoms with Crippen molar-refractivity contribution in [1.82, 2.24) is 14.6 Å². The topological polar surface area (TPSA) is 56.2 Å². The number of nitrogen functional groups attached to an aromatic ring is 1. The Hall–Kier alpha value is -2.57. The molecule has 0 aliphatic rings. The molecular weight excluding hydrogens is 269 g/mol. The van der Waals surface area contributed by atoms with Gasteiger partial charge in [0.1, 0.15) is 5.82 Å². The van der Waals surface area contributed by atoms with E-state index < -0.39 is 11.7 Å². The molecular formula is C13H9F3N4. The van der Waals surface area contributed by atoms with E-state index in [4.69, 9.17) is 5.73 Å². The van der Waals surface area contributed by atoms with Crippen molar-refractivity contribution < 1.29 is 13.2 Å². The van der Waals surface area contributed by atoms with Crippen LogP contribution in [0.2, 0.25) is 0 Å². The predicted molar refractivity (Wildman–Crippen MR) is 67.8 cm³/mol. The summed E-state index contributed by atoms with van der Waals surface area (Å²) in [6, 6.07) is 9.93. The molecule has 0 radical (unpaired) electrons. The van der Waals surface area contributed by atoms with E-state index in [0.717, 1.165) is 12.1 Å². The minimum atomic E-state index is -4.40. The van der Waals surface area contributed by atoms with E-state index in [0.29, 0.717) is 17.0 Å². The van der Waals surface area contributed by atoms with Crippen LogP contribution in [0.5, 0.6) is 0 Å². The number of rotatable bonds is 1. The number of pyridine rings is 1. The van der Waals surface area contributed by atoms with Crippen molar-refractivity contribution in [3.63, 3.8) is 0 Å². The molecule has 102 valence electrons. The van der Waals surface area contributed by atoms with Gasteiger partial charge in [-0.3, -0.25) is 4.40 Å². The van der Waals surface area contributed by atoms with Gasteiger partial charge in [-0.2, -0.15) is 13.2 Å². The van der Waals surface area contributed by atoms with Crippen molar-refractivity contribution in [2.75, 3.05) is 5.73 Å². The second-order valence-corrected chi connectivity index (χ2v) is 4.25. The molecule has 3 aromatic rings. The fraction of sp³-hybridized carbons (Fsp3) is 0.0769. The minimum Gasteiger partial charge on any atom is -0.385 e. The molecule has 0 aliphatic heterocycles. The van der Waals surface area contributed by atoms with Gasteiger partial charge in [-0.15, -0.1) is 10.2 Å². The number of hydrogen-bond acceptors (Lipinski definition) is 3. The number of nitrogens with two attached hydrogens (primary N) is 1. The summed E-state index contributed by atoms with van der Waals surface area (Å²) >= 11 is 0. The highest BCUT2D eigenvalue weighted by Crippen LogP contribution is 2.32. The van der Waals surface area contributed by atoms with Gasteiger partial charge in [0.15, 0.2) is 11.5 Å². The first kappa shape index (κ1) is 12.5. The number of aromatic nitrogens is 3. The largest absolute Gasteiger partial charge is 0.416 e. The number of halogens is 3. The Balaban J connectivity index is 2.22. The molecule has 7 heteroatoms. The summed E-state index contributed by atoms with van der Waals surface area (Å²) in [6.45, 7) is 0. The van der Waals surface area contributed by atoms with E-state index in [1.54, 1.807) is 18.2 Å². The van der Waals surface area contributed by atoms with Crippen LogP contribution in [-0.4, -0.2) is 14.6 Å². The van der Waals surface area contributed by atoms with Gasteiger partial charge in [0.05, 0.1) is 5.56 Å². The average Bonchev–Trinajstić information content (AvgIpc) is 2.83. The van der Waals surface area contributed by atoms with Crippen molar-refractivity contribution in [3.8, 4) is 11.4 Å². The molecule has 0 unspecified atom stereocenters. The quantitative estimate of drug-likeness (QED) is 0.744. The molecule has 1 aromatic carbocycles. The zero-order chi connectivity index (χ0) is 14.3. The van der Waals surface area contributed by atoms with Crippen LogP contribution in [-0.2, 0) is 6.18 Å². The van der Waals surface area contributed by atoms with Crippen LogP contribution >= 0.6 is 0 Å². The highest BCUT2D eigenvalue weighted by atomic mass is 19.4. The molecule has 0 fully saturated rings. The molecule has 2 N–H and O–H groups in total. The molecule has 20 heavy (non-hydrogen) atoms. The number of nitrogens with zero attached hydrogens (tertiary/aromatic N) is 3. The van der Waals surface area contributed by atoms with Gasteiger partial charge in [0.2, 0.25) is 0 Å². The molecule has 0 saturated carbocycles. The summed E-state index contributed by atoms with van der Waals surface area (Å²) in [6.07, 6.45) is -4.40. The number of hydrogen-bond donors (Lipinski definition) is 1. The summed E-state index contributed by atoms with van der Waals surface area (Å²) < 4.78 is 39.7. The molecule has 0 bridgehead atoms. The lowest BCUT2D eigenvalue weighted by Gasteiger charge is -2.08. The number of anilines is 1.